The predicted molar refractivity (Wildman–Crippen MR) is 59.1 cm³/mol. The summed E-state index contributed by atoms with van der Waals surface area (Å²) in [7, 11) is 1.53. The maximum atomic E-state index is 11.3. The first-order valence-corrected chi connectivity index (χ1v) is 5.09. The van der Waals surface area contributed by atoms with Crippen LogP contribution in [0, 0.1) is 0 Å². The van der Waals surface area contributed by atoms with Gasteiger partial charge in [0.1, 0.15) is 6.04 Å². The molecule has 2 N–H and O–H groups in total. The van der Waals surface area contributed by atoms with Gasteiger partial charge in [-0.1, -0.05) is 6.07 Å². The summed E-state index contributed by atoms with van der Waals surface area (Å²) in [5.41, 5.74) is 6.50. The van der Waals surface area contributed by atoms with E-state index in [0.717, 1.165) is 5.56 Å². The van der Waals surface area contributed by atoms with Crippen molar-refractivity contribution in [2.45, 2.75) is 19.4 Å². The van der Waals surface area contributed by atoms with Crippen LogP contribution in [-0.4, -0.2) is 30.7 Å². The van der Waals surface area contributed by atoms with Crippen LogP contribution in [0.15, 0.2) is 18.3 Å². The molecular weight excluding hydrogens is 208 g/mol. The number of hydrogen-bond donors (Lipinski definition) is 1. The van der Waals surface area contributed by atoms with Crippen molar-refractivity contribution in [2.75, 3.05) is 13.7 Å². The lowest BCUT2D eigenvalue weighted by Crippen LogP contribution is -2.34. The fraction of sp³-hybridized carbons (Fsp3) is 0.455. The Kier molecular flexibility index (Phi) is 4.72. The minimum atomic E-state index is -0.682. The summed E-state index contributed by atoms with van der Waals surface area (Å²) >= 11 is 0. The summed E-state index contributed by atoms with van der Waals surface area (Å²) < 4.78 is 9.89. The van der Waals surface area contributed by atoms with E-state index in [0.29, 0.717) is 18.9 Å². The van der Waals surface area contributed by atoms with Gasteiger partial charge in [-0.15, -0.1) is 0 Å². The maximum absolute atomic E-state index is 11.3. The molecule has 1 aromatic heterocycles. The smallest absolute Gasteiger partial charge is 0.323 e. The molecule has 88 valence electrons. The summed E-state index contributed by atoms with van der Waals surface area (Å²) in [6.45, 7) is 2.08. The molecule has 0 aromatic carbocycles. The Labute approximate surface area is 94.6 Å². The molecule has 1 atom stereocenters. The molecule has 0 radical (unpaired) electrons. The molecule has 0 aliphatic rings. The number of ether oxygens (including phenoxy) is 2. The van der Waals surface area contributed by atoms with E-state index in [1.807, 2.05) is 6.07 Å². The van der Waals surface area contributed by atoms with Gasteiger partial charge in [-0.3, -0.25) is 4.79 Å². The zero-order valence-corrected chi connectivity index (χ0v) is 9.47. The first-order chi connectivity index (χ1) is 7.69. The first kappa shape index (κ1) is 12.4. The van der Waals surface area contributed by atoms with Gasteiger partial charge in [-0.25, -0.2) is 4.98 Å². The van der Waals surface area contributed by atoms with E-state index in [9.17, 15) is 4.79 Å². The Hall–Kier alpha value is -1.62. The number of pyridine rings is 1. The normalized spacial score (nSPS) is 11.9. The predicted octanol–water partition coefficient (Wildman–Crippen LogP) is 0.523. The van der Waals surface area contributed by atoms with Crippen molar-refractivity contribution in [1.82, 2.24) is 4.98 Å². The molecule has 16 heavy (non-hydrogen) atoms. The van der Waals surface area contributed by atoms with Crippen molar-refractivity contribution >= 4 is 5.97 Å². The van der Waals surface area contributed by atoms with Gasteiger partial charge in [0.05, 0.1) is 13.7 Å². The lowest BCUT2D eigenvalue weighted by Gasteiger charge is -2.12. The van der Waals surface area contributed by atoms with E-state index >= 15 is 0 Å². The van der Waals surface area contributed by atoms with Crippen LogP contribution < -0.4 is 10.5 Å². The fourth-order valence-corrected chi connectivity index (χ4v) is 1.33. The van der Waals surface area contributed by atoms with E-state index in [4.69, 9.17) is 15.2 Å². The molecule has 0 aliphatic heterocycles. The second kappa shape index (κ2) is 6.07. The highest BCUT2D eigenvalue weighted by Crippen LogP contribution is 2.15. The quantitative estimate of drug-likeness (QED) is 0.738. The van der Waals surface area contributed by atoms with Crippen molar-refractivity contribution in [2.24, 2.45) is 5.73 Å². The van der Waals surface area contributed by atoms with Crippen LogP contribution in [-0.2, 0) is 16.0 Å². The number of rotatable bonds is 5. The number of methoxy groups -OCH3 is 1. The molecule has 5 heteroatoms. The van der Waals surface area contributed by atoms with E-state index in [1.165, 1.54) is 7.11 Å². The minimum absolute atomic E-state index is 0.330. The average Bonchev–Trinajstić information content (AvgIpc) is 2.30. The molecule has 0 saturated heterocycles. The zero-order chi connectivity index (χ0) is 12.0. The number of nitrogens with two attached hydrogens (primary N) is 1. The molecule has 0 spiro atoms. The highest BCUT2D eigenvalue weighted by Gasteiger charge is 2.17. The Bertz CT molecular complexity index is 355. The van der Waals surface area contributed by atoms with Crippen molar-refractivity contribution < 1.29 is 14.3 Å². The van der Waals surface area contributed by atoms with Crippen molar-refractivity contribution in [3.63, 3.8) is 0 Å². The van der Waals surface area contributed by atoms with Crippen molar-refractivity contribution in [1.29, 1.82) is 0 Å². The SMILES string of the molecule is CCOC(=O)C(N)Cc1cccnc1OC. The first-order valence-electron chi connectivity index (χ1n) is 5.09. The topological polar surface area (TPSA) is 74.4 Å². The third-order valence-corrected chi connectivity index (χ3v) is 2.07. The largest absolute Gasteiger partial charge is 0.481 e. The molecule has 1 rings (SSSR count). The summed E-state index contributed by atoms with van der Waals surface area (Å²) in [5.74, 6) is 0.0793. The highest BCUT2D eigenvalue weighted by atomic mass is 16.5. The Morgan fingerprint density at radius 1 is 1.62 bits per heavy atom. The van der Waals surface area contributed by atoms with E-state index in [1.54, 1.807) is 19.2 Å². The van der Waals surface area contributed by atoms with Gasteiger partial charge < -0.3 is 15.2 Å². The number of esters is 1. The molecule has 0 saturated carbocycles. The maximum Gasteiger partial charge on any atom is 0.323 e. The second-order valence-corrected chi connectivity index (χ2v) is 3.23. The lowest BCUT2D eigenvalue weighted by molar-refractivity contribution is -0.144. The molecule has 1 heterocycles. The standard InChI is InChI=1S/C11H16N2O3/c1-3-16-11(14)9(12)7-8-5-4-6-13-10(8)15-2/h4-6,9H,3,7,12H2,1-2H3. The number of hydrogen-bond acceptors (Lipinski definition) is 5. The third kappa shape index (κ3) is 3.20. The monoisotopic (exact) mass is 224 g/mol. The molecule has 0 aliphatic carbocycles. The van der Waals surface area contributed by atoms with Crippen LogP contribution >= 0.6 is 0 Å². The summed E-state index contributed by atoms with van der Waals surface area (Å²) in [4.78, 5) is 15.4. The molecule has 0 bridgehead atoms. The van der Waals surface area contributed by atoms with Crippen LogP contribution in [0.3, 0.4) is 0 Å². The molecule has 1 aromatic rings. The average molecular weight is 224 g/mol. The third-order valence-electron chi connectivity index (χ3n) is 2.07. The Morgan fingerprint density at radius 3 is 3.00 bits per heavy atom. The summed E-state index contributed by atoms with van der Waals surface area (Å²) in [6.07, 6.45) is 1.98. The molecule has 0 fully saturated rings. The van der Waals surface area contributed by atoms with Crippen LogP contribution in [0.1, 0.15) is 12.5 Å². The zero-order valence-electron chi connectivity index (χ0n) is 9.47. The van der Waals surface area contributed by atoms with Gasteiger partial charge in [-0.05, 0) is 13.0 Å². The van der Waals surface area contributed by atoms with Crippen LogP contribution in [0.2, 0.25) is 0 Å². The minimum Gasteiger partial charge on any atom is -0.481 e. The molecular formula is C11H16N2O3. The molecule has 1 unspecified atom stereocenters. The van der Waals surface area contributed by atoms with Crippen molar-refractivity contribution in [3.05, 3.63) is 23.9 Å². The van der Waals surface area contributed by atoms with Crippen LogP contribution in [0.5, 0.6) is 5.88 Å². The van der Waals surface area contributed by atoms with E-state index < -0.39 is 12.0 Å². The van der Waals surface area contributed by atoms with Gasteiger partial charge in [0.15, 0.2) is 0 Å². The van der Waals surface area contributed by atoms with Gasteiger partial charge in [0.25, 0.3) is 0 Å². The van der Waals surface area contributed by atoms with Gasteiger partial charge in [-0.2, -0.15) is 0 Å². The number of carbonyl (C=O) groups excluding carboxylic acids is 1. The lowest BCUT2D eigenvalue weighted by atomic mass is 10.1. The molecule has 5 nitrogen and oxygen atoms in total. The summed E-state index contributed by atoms with van der Waals surface area (Å²) in [6, 6.07) is 2.92. The van der Waals surface area contributed by atoms with E-state index in [2.05, 4.69) is 4.98 Å². The van der Waals surface area contributed by atoms with Crippen LogP contribution in [0.25, 0.3) is 0 Å². The molecule has 0 amide bonds. The Balaban J connectivity index is 2.68. The van der Waals surface area contributed by atoms with Crippen LogP contribution in [0.4, 0.5) is 0 Å². The fourth-order valence-electron chi connectivity index (χ4n) is 1.33. The van der Waals surface area contributed by atoms with Gasteiger partial charge >= 0.3 is 5.97 Å². The highest BCUT2D eigenvalue weighted by molar-refractivity contribution is 5.75. The number of nitrogens with zero attached hydrogens (tertiary/aromatic N) is 1. The van der Waals surface area contributed by atoms with Gasteiger partial charge in [0, 0.05) is 18.2 Å². The van der Waals surface area contributed by atoms with E-state index in [-0.39, 0.29) is 0 Å². The number of carbonyl (C=O) groups is 1. The summed E-state index contributed by atoms with van der Waals surface area (Å²) in [5, 5.41) is 0. The van der Waals surface area contributed by atoms with Crippen molar-refractivity contribution in [3.8, 4) is 5.88 Å². The second-order valence-electron chi connectivity index (χ2n) is 3.23. The van der Waals surface area contributed by atoms with Gasteiger partial charge in [0.2, 0.25) is 5.88 Å². The Morgan fingerprint density at radius 2 is 2.38 bits per heavy atom. The number of aromatic nitrogens is 1.